The Kier molecular flexibility index (Phi) is 5.22. The van der Waals surface area contributed by atoms with Crippen LogP contribution in [0.2, 0.25) is 5.02 Å². The monoisotopic (exact) mass is 354 g/mol. The van der Waals surface area contributed by atoms with Gasteiger partial charge in [0.2, 0.25) is 0 Å². The van der Waals surface area contributed by atoms with Crippen molar-refractivity contribution in [3.63, 3.8) is 0 Å². The molecule has 2 N–H and O–H groups in total. The molecule has 2 aromatic carbocycles. The molecule has 0 fully saturated rings. The van der Waals surface area contributed by atoms with E-state index in [0.717, 1.165) is 15.6 Å². The van der Waals surface area contributed by atoms with Crippen molar-refractivity contribution < 1.29 is 10.2 Å². The van der Waals surface area contributed by atoms with Gasteiger partial charge < -0.3 is 10.2 Å². The van der Waals surface area contributed by atoms with Crippen molar-refractivity contribution >= 4 is 27.5 Å². The van der Waals surface area contributed by atoms with Crippen LogP contribution in [-0.4, -0.2) is 23.4 Å². The molecular weight excluding hydrogens is 340 g/mol. The van der Waals surface area contributed by atoms with Crippen LogP contribution in [-0.2, 0) is 11.8 Å². The third-order valence-corrected chi connectivity index (χ3v) is 4.41. The second-order valence-electron chi connectivity index (χ2n) is 4.88. The number of aliphatic hydroxyl groups is 2. The smallest absolute Gasteiger partial charge is 0.0553 e. The quantitative estimate of drug-likeness (QED) is 0.861. The van der Waals surface area contributed by atoms with Gasteiger partial charge in [-0.2, -0.15) is 0 Å². The molecule has 2 rings (SSSR count). The molecule has 2 nitrogen and oxygen atoms in total. The lowest BCUT2D eigenvalue weighted by molar-refractivity contribution is 0.115. The highest BCUT2D eigenvalue weighted by Gasteiger charge is 2.33. The summed E-state index contributed by atoms with van der Waals surface area (Å²) in [5.74, 6) is 0. The van der Waals surface area contributed by atoms with Crippen LogP contribution in [0.15, 0.2) is 53.0 Å². The Bertz CT molecular complexity index is 582. The molecule has 0 aromatic heterocycles. The number of halogens is 2. The van der Waals surface area contributed by atoms with E-state index in [9.17, 15) is 10.2 Å². The van der Waals surface area contributed by atoms with Gasteiger partial charge in [0, 0.05) is 14.9 Å². The summed E-state index contributed by atoms with van der Waals surface area (Å²) < 4.78 is 0.880. The van der Waals surface area contributed by atoms with Crippen molar-refractivity contribution in [1.82, 2.24) is 0 Å². The maximum absolute atomic E-state index is 9.87. The second kappa shape index (κ2) is 6.72. The molecule has 2 aromatic rings. The van der Waals surface area contributed by atoms with E-state index in [1.807, 2.05) is 48.5 Å². The van der Waals surface area contributed by atoms with Crippen molar-refractivity contribution in [2.24, 2.45) is 0 Å². The summed E-state index contributed by atoms with van der Waals surface area (Å²) >= 11 is 9.50. The van der Waals surface area contributed by atoms with Crippen LogP contribution in [0.25, 0.3) is 0 Å². The van der Waals surface area contributed by atoms with Crippen LogP contribution in [0.5, 0.6) is 0 Å². The normalized spacial score (nSPS) is 11.6. The minimum absolute atomic E-state index is 0.140. The largest absolute Gasteiger partial charge is 0.395 e. The van der Waals surface area contributed by atoms with Gasteiger partial charge in [0.25, 0.3) is 0 Å². The number of hydrogen-bond acceptors (Lipinski definition) is 2. The lowest BCUT2D eigenvalue weighted by Gasteiger charge is -2.31. The van der Waals surface area contributed by atoms with E-state index in [0.29, 0.717) is 11.4 Å². The summed E-state index contributed by atoms with van der Waals surface area (Å²) in [7, 11) is 0. The second-order valence-corrected chi connectivity index (χ2v) is 6.17. The molecule has 0 aliphatic rings. The highest BCUT2D eigenvalue weighted by Crippen LogP contribution is 2.33. The first-order valence-electron chi connectivity index (χ1n) is 6.32. The van der Waals surface area contributed by atoms with Crippen molar-refractivity contribution in [3.8, 4) is 0 Å². The highest BCUT2D eigenvalue weighted by molar-refractivity contribution is 9.10. The van der Waals surface area contributed by atoms with Crippen LogP contribution in [0.4, 0.5) is 0 Å². The fourth-order valence-electron chi connectivity index (χ4n) is 2.36. The van der Waals surface area contributed by atoms with Gasteiger partial charge >= 0.3 is 0 Å². The molecule has 0 saturated carbocycles. The van der Waals surface area contributed by atoms with E-state index >= 15 is 0 Å². The average Bonchev–Trinajstić information content (AvgIpc) is 2.46. The third-order valence-electron chi connectivity index (χ3n) is 3.48. The summed E-state index contributed by atoms with van der Waals surface area (Å²) in [4.78, 5) is 0. The fourth-order valence-corrected chi connectivity index (χ4v) is 3.27. The minimum atomic E-state index is -0.731. The first-order chi connectivity index (χ1) is 9.61. The van der Waals surface area contributed by atoms with E-state index in [-0.39, 0.29) is 13.2 Å². The molecule has 20 heavy (non-hydrogen) atoms. The molecule has 106 valence electrons. The van der Waals surface area contributed by atoms with Gasteiger partial charge in [-0.15, -0.1) is 0 Å². The van der Waals surface area contributed by atoms with Crippen molar-refractivity contribution in [2.45, 2.75) is 11.8 Å². The van der Waals surface area contributed by atoms with Crippen LogP contribution >= 0.6 is 27.5 Å². The van der Waals surface area contributed by atoms with E-state index < -0.39 is 5.41 Å². The van der Waals surface area contributed by atoms with Crippen LogP contribution in [0.3, 0.4) is 0 Å². The standard InChI is InChI=1S/C16H16BrClO2/c17-15-7-2-1-6-14(15)16(10-19,11-20)9-12-4-3-5-13(18)8-12/h1-8,19-20H,9-11H2. The Morgan fingerprint density at radius 3 is 2.30 bits per heavy atom. The molecule has 0 heterocycles. The number of rotatable bonds is 5. The van der Waals surface area contributed by atoms with Gasteiger partial charge in [-0.05, 0) is 35.7 Å². The molecule has 0 aliphatic heterocycles. The number of aliphatic hydroxyl groups excluding tert-OH is 2. The zero-order valence-corrected chi connectivity index (χ0v) is 13.2. The molecule has 4 heteroatoms. The highest BCUT2D eigenvalue weighted by atomic mass is 79.9. The Labute approximate surface area is 132 Å². The number of benzene rings is 2. The first-order valence-corrected chi connectivity index (χ1v) is 7.49. The SMILES string of the molecule is OCC(CO)(Cc1cccc(Cl)c1)c1ccccc1Br. The van der Waals surface area contributed by atoms with Gasteiger partial charge in [0.05, 0.1) is 13.2 Å². The topological polar surface area (TPSA) is 40.5 Å². The maximum Gasteiger partial charge on any atom is 0.0553 e. The molecular formula is C16H16BrClO2. The summed E-state index contributed by atoms with van der Waals surface area (Å²) in [5, 5.41) is 20.4. The van der Waals surface area contributed by atoms with E-state index in [2.05, 4.69) is 15.9 Å². The Balaban J connectivity index is 2.42. The van der Waals surface area contributed by atoms with Crippen LogP contribution < -0.4 is 0 Å². The molecule has 0 unspecified atom stereocenters. The zero-order valence-electron chi connectivity index (χ0n) is 10.9. The van der Waals surface area contributed by atoms with Crippen molar-refractivity contribution in [2.75, 3.05) is 13.2 Å². The predicted octanol–water partition coefficient (Wildman–Crippen LogP) is 3.57. The summed E-state index contributed by atoms with van der Waals surface area (Å²) in [5.41, 5.74) is 1.14. The van der Waals surface area contributed by atoms with Gasteiger partial charge in [0.1, 0.15) is 0 Å². The molecule has 0 spiro atoms. The Morgan fingerprint density at radius 1 is 1.00 bits per heavy atom. The average molecular weight is 356 g/mol. The Hall–Kier alpha value is -0.870. The van der Waals surface area contributed by atoms with E-state index in [1.54, 1.807) is 0 Å². The van der Waals surface area contributed by atoms with Crippen LogP contribution in [0, 0.1) is 0 Å². The van der Waals surface area contributed by atoms with E-state index in [4.69, 9.17) is 11.6 Å². The summed E-state index contributed by atoms with van der Waals surface area (Å²) in [6.45, 7) is -0.281. The van der Waals surface area contributed by atoms with Crippen molar-refractivity contribution in [3.05, 3.63) is 69.2 Å². The molecule has 0 saturated heterocycles. The molecule has 0 bridgehead atoms. The lowest BCUT2D eigenvalue weighted by atomic mass is 9.77. The first kappa shape index (κ1) is 15.5. The Morgan fingerprint density at radius 2 is 1.70 bits per heavy atom. The third kappa shape index (κ3) is 3.23. The fraction of sp³-hybridized carbons (Fsp3) is 0.250. The zero-order chi connectivity index (χ0) is 14.6. The van der Waals surface area contributed by atoms with E-state index in [1.165, 1.54) is 0 Å². The molecule has 0 amide bonds. The summed E-state index contributed by atoms with van der Waals surface area (Å²) in [6.07, 6.45) is 0.517. The molecule has 0 atom stereocenters. The lowest BCUT2D eigenvalue weighted by Crippen LogP contribution is -2.37. The molecule has 0 aliphatic carbocycles. The minimum Gasteiger partial charge on any atom is -0.395 e. The predicted molar refractivity (Wildman–Crippen MR) is 85.1 cm³/mol. The van der Waals surface area contributed by atoms with Crippen molar-refractivity contribution in [1.29, 1.82) is 0 Å². The number of hydrogen-bond donors (Lipinski definition) is 2. The van der Waals surface area contributed by atoms with Gasteiger partial charge in [-0.25, -0.2) is 0 Å². The van der Waals surface area contributed by atoms with Gasteiger partial charge in [-0.3, -0.25) is 0 Å². The maximum atomic E-state index is 9.87. The van der Waals surface area contributed by atoms with Gasteiger partial charge in [0.15, 0.2) is 0 Å². The van der Waals surface area contributed by atoms with Gasteiger partial charge in [-0.1, -0.05) is 57.9 Å². The van der Waals surface area contributed by atoms with Crippen LogP contribution in [0.1, 0.15) is 11.1 Å². The molecule has 0 radical (unpaired) electrons. The summed E-state index contributed by atoms with van der Waals surface area (Å²) in [6, 6.07) is 15.1.